The predicted molar refractivity (Wildman–Crippen MR) is 201 cm³/mol. The number of anilines is 1. The lowest BCUT2D eigenvalue weighted by atomic mass is 9.79. The monoisotopic (exact) mass is 673 g/mol. The van der Waals surface area contributed by atoms with E-state index in [1.807, 2.05) is 0 Å². The van der Waals surface area contributed by atoms with Crippen LogP contribution in [-0.4, -0.2) is 52.4 Å². The summed E-state index contributed by atoms with van der Waals surface area (Å²) in [7, 11) is 3.45. The normalized spacial score (nSPS) is 22.6. The number of hydrogen-bond donors (Lipinski definition) is 2. The van der Waals surface area contributed by atoms with Gasteiger partial charge in [0, 0.05) is 60.6 Å². The van der Waals surface area contributed by atoms with Crippen molar-refractivity contribution in [3.8, 4) is 0 Å². The zero-order valence-electron chi connectivity index (χ0n) is 27.9. The largest absolute Gasteiger partial charge is 0.354 e. The zero-order chi connectivity index (χ0) is 33.3. The molecule has 0 bridgehead atoms. The molecule has 4 aromatic carbocycles. The molecule has 0 unspecified atom stereocenters. The fraction of sp³-hybridized carbons (Fsp3) is 0.325. The van der Waals surface area contributed by atoms with E-state index in [1.165, 1.54) is 55.5 Å². The minimum Gasteiger partial charge on any atom is -0.354 e. The molecule has 0 aliphatic carbocycles. The van der Waals surface area contributed by atoms with Gasteiger partial charge in [-0.1, -0.05) is 96.1 Å². The van der Waals surface area contributed by atoms with Gasteiger partial charge in [0.15, 0.2) is 12.3 Å². The molecule has 0 atom stereocenters. The van der Waals surface area contributed by atoms with Crippen LogP contribution in [-0.2, 0) is 20.4 Å². The highest BCUT2D eigenvalue weighted by Crippen LogP contribution is 2.64. The summed E-state index contributed by atoms with van der Waals surface area (Å²) in [5.41, 5.74) is 6.73. The number of amides is 2. The average molecular weight is 674 g/mol. The topological polar surface area (TPSA) is 64.5 Å². The second-order valence-corrected chi connectivity index (χ2v) is 17.5. The molecule has 2 amide bonds. The number of allylic oxidation sites excluding steroid dienone is 4. The molecule has 2 N–H and O–H groups in total. The lowest BCUT2D eigenvalue weighted by Crippen LogP contribution is -2.41. The fourth-order valence-corrected chi connectivity index (χ4v) is 9.80. The van der Waals surface area contributed by atoms with Crippen LogP contribution in [0.25, 0.3) is 21.5 Å². The molecule has 4 aliphatic heterocycles. The van der Waals surface area contributed by atoms with E-state index in [-0.39, 0.29) is 26.7 Å². The lowest BCUT2D eigenvalue weighted by molar-refractivity contribution is -0.436. The second-order valence-electron chi connectivity index (χ2n) is 14.3. The minimum atomic E-state index is -0.282. The fourth-order valence-electron chi connectivity index (χ4n) is 8.09. The molecular weight excluding hydrogens is 633 g/mol. The van der Waals surface area contributed by atoms with Gasteiger partial charge in [-0.2, -0.15) is 4.58 Å². The van der Waals surface area contributed by atoms with Crippen molar-refractivity contribution in [1.82, 2.24) is 10.6 Å². The predicted octanol–water partition coefficient (Wildman–Crippen LogP) is 7.72. The van der Waals surface area contributed by atoms with Crippen molar-refractivity contribution >= 4 is 72.0 Å². The number of nitrogens with zero attached hydrogens (tertiary/aromatic N) is 2. The summed E-state index contributed by atoms with van der Waals surface area (Å²) in [6.45, 7) is 11.4. The van der Waals surface area contributed by atoms with Crippen LogP contribution in [0.2, 0.25) is 0 Å². The van der Waals surface area contributed by atoms with Gasteiger partial charge >= 0.3 is 0 Å². The van der Waals surface area contributed by atoms with Crippen LogP contribution >= 0.6 is 21.6 Å². The number of rotatable bonds is 0. The highest BCUT2D eigenvalue weighted by atomic mass is 33.2. The van der Waals surface area contributed by atoms with Gasteiger partial charge in [-0.3, -0.25) is 9.59 Å². The van der Waals surface area contributed by atoms with Crippen LogP contribution in [0.5, 0.6) is 0 Å². The Hall–Kier alpha value is -4.01. The van der Waals surface area contributed by atoms with E-state index >= 15 is 0 Å². The Morgan fingerprint density at radius 3 is 2.04 bits per heavy atom. The Kier molecular flexibility index (Phi) is 7.53. The molecule has 8 rings (SSSR count). The van der Waals surface area contributed by atoms with Crippen LogP contribution < -0.4 is 15.5 Å². The Morgan fingerprint density at radius 2 is 1.35 bits per heavy atom. The third-order valence-corrected chi connectivity index (χ3v) is 13.7. The van der Waals surface area contributed by atoms with Gasteiger partial charge in [0.25, 0.3) is 0 Å². The first kappa shape index (κ1) is 31.3. The van der Waals surface area contributed by atoms with Crippen LogP contribution in [0.4, 0.5) is 11.4 Å². The molecule has 8 heteroatoms. The van der Waals surface area contributed by atoms with Crippen molar-refractivity contribution in [2.45, 2.75) is 55.4 Å². The van der Waals surface area contributed by atoms with Crippen molar-refractivity contribution < 1.29 is 14.2 Å². The van der Waals surface area contributed by atoms with E-state index in [9.17, 15) is 9.59 Å². The molecule has 4 heterocycles. The van der Waals surface area contributed by atoms with E-state index in [0.29, 0.717) is 39.0 Å². The maximum atomic E-state index is 13.2. The molecule has 0 saturated carbocycles. The maximum Gasteiger partial charge on any atom is 0.226 e. The first-order valence-corrected chi connectivity index (χ1v) is 19.0. The number of carbonyl (C=O) groups excluding carboxylic acids is 2. The third-order valence-electron chi connectivity index (χ3n) is 10.6. The number of hydrogen-bond acceptors (Lipinski definition) is 5. The quantitative estimate of drug-likeness (QED) is 0.114. The Morgan fingerprint density at radius 1 is 0.729 bits per heavy atom. The van der Waals surface area contributed by atoms with Crippen LogP contribution in [0.15, 0.2) is 96.7 Å². The van der Waals surface area contributed by atoms with Gasteiger partial charge in [0.1, 0.15) is 4.08 Å². The molecule has 48 heavy (non-hydrogen) atoms. The number of fused-ring (bicyclic) bond motifs is 9. The van der Waals surface area contributed by atoms with Crippen molar-refractivity contribution in [3.05, 3.63) is 108 Å². The molecule has 244 valence electrons. The van der Waals surface area contributed by atoms with E-state index < -0.39 is 0 Å². The summed E-state index contributed by atoms with van der Waals surface area (Å²) in [6.07, 6.45) is 7.43. The molecular formula is C40H41N4O2S2+. The molecule has 1 fully saturated rings. The second kappa shape index (κ2) is 11.6. The molecule has 0 radical (unpaired) electrons. The van der Waals surface area contributed by atoms with E-state index in [4.69, 9.17) is 0 Å². The number of carbonyl (C=O) groups is 2. The summed E-state index contributed by atoms with van der Waals surface area (Å²) < 4.78 is 2.15. The van der Waals surface area contributed by atoms with Crippen LogP contribution in [0.3, 0.4) is 0 Å². The highest BCUT2D eigenvalue weighted by molar-refractivity contribution is 8.93. The molecule has 6 nitrogen and oxygen atoms in total. The Bertz CT molecular complexity index is 2110. The van der Waals surface area contributed by atoms with Gasteiger partial charge in [0.2, 0.25) is 17.5 Å². The average Bonchev–Trinajstić information content (AvgIpc) is 3.77. The Balaban J connectivity index is 1.26. The van der Waals surface area contributed by atoms with Crippen molar-refractivity contribution in [2.24, 2.45) is 0 Å². The smallest absolute Gasteiger partial charge is 0.226 e. The van der Waals surface area contributed by atoms with E-state index in [1.54, 1.807) is 21.6 Å². The van der Waals surface area contributed by atoms with Gasteiger partial charge in [-0.15, -0.1) is 0 Å². The first-order valence-electron chi connectivity index (χ1n) is 16.9. The van der Waals surface area contributed by atoms with Gasteiger partial charge < -0.3 is 15.5 Å². The van der Waals surface area contributed by atoms with Crippen LogP contribution in [0, 0.1) is 0 Å². The molecule has 1 saturated heterocycles. The Labute approximate surface area is 290 Å². The van der Waals surface area contributed by atoms with Gasteiger partial charge in [-0.05, 0) is 59.2 Å². The summed E-state index contributed by atoms with van der Waals surface area (Å²) in [5.74, 6) is 0.0569. The van der Waals surface area contributed by atoms with E-state index in [2.05, 4.69) is 139 Å². The summed E-state index contributed by atoms with van der Waals surface area (Å²) in [4.78, 5) is 28.8. The van der Waals surface area contributed by atoms with E-state index in [0.717, 1.165) is 0 Å². The highest BCUT2D eigenvalue weighted by Gasteiger charge is 2.48. The zero-order valence-corrected chi connectivity index (χ0v) is 29.6. The van der Waals surface area contributed by atoms with Crippen molar-refractivity contribution in [2.75, 3.05) is 31.1 Å². The number of nitrogens with one attached hydrogen (secondary N) is 2. The molecule has 4 aliphatic rings. The number of benzene rings is 4. The van der Waals surface area contributed by atoms with Crippen molar-refractivity contribution in [1.29, 1.82) is 0 Å². The summed E-state index contributed by atoms with van der Waals surface area (Å²) in [6, 6.07) is 26.0. The maximum absolute atomic E-state index is 13.2. The molecule has 4 aromatic rings. The van der Waals surface area contributed by atoms with Gasteiger partial charge in [-0.25, -0.2) is 0 Å². The van der Waals surface area contributed by atoms with Crippen LogP contribution in [0.1, 0.15) is 51.7 Å². The molecule has 1 spiro atoms. The lowest BCUT2D eigenvalue weighted by Gasteiger charge is -2.27. The standard InChI is InChI=1S/C40H40N4O2S2/c1-38(2)32-14-9-15-33-39(3,4)37-29-13-8-6-11-27(29)17-19-31(37)44(33)23-21-35(46)42-25-40(47-48-40)24-41-34(45)20-22-43(32)30-18-16-26-10-5-7-12-28(26)36(30)38/h5-19H,20-25H2,1-4H3,(H-,41,42,45,46)/p+1. The minimum absolute atomic E-state index is 0.0285. The summed E-state index contributed by atoms with van der Waals surface area (Å²) >= 11 is 0. The van der Waals surface area contributed by atoms with Crippen molar-refractivity contribution in [3.63, 3.8) is 0 Å². The molecule has 0 aromatic heterocycles. The third kappa shape index (κ3) is 5.15. The summed E-state index contributed by atoms with van der Waals surface area (Å²) in [5, 5.41) is 11.3. The van der Waals surface area contributed by atoms with Gasteiger partial charge in [0.05, 0.1) is 11.8 Å². The SMILES string of the molecule is CC1(C)C2=[N+](CCC(=O)NCC3(CNC(=O)CCN4/C(=C/C=C2)C(C)(C)c2c4ccc4ccccc24)SS3)c2ccc3ccccc3c21. The first-order chi connectivity index (χ1) is 23.1.